The van der Waals surface area contributed by atoms with Crippen LogP contribution in [0.15, 0.2) is 30.5 Å². The summed E-state index contributed by atoms with van der Waals surface area (Å²) in [6.07, 6.45) is 1.01. The number of H-pyrrole nitrogens is 1. The van der Waals surface area contributed by atoms with Crippen molar-refractivity contribution in [3.05, 3.63) is 36.0 Å². The molecule has 0 spiro atoms. The molecule has 1 aliphatic heterocycles. The lowest BCUT2D eigenvalue weighted by atomic mass is 10.1. The Morgan fingerprint density at radius 2 is 2.10 bits per heavy atom. The van der Waals surface area contributed by atoms with Crippen LogP contribution >= 0.6 is 0 Å². The normalized spacial score (nSPS) is 22.4. The smallest absolute Gasteiger partial charge is 0.326 e. The summed E-state index contributed by atoms with van der Waals surface area (Å²) in [7, 11) is 0. The Bertz CT molecular complexity index is 679. The van der Waals surface area contributed by atoms with E-state index in [0.717, 1.165) is 5.39 Å². The fourth-order valence-corrected chi connectivity index (χ4v) is 2.69. The first-order chi connectivity index (χ1) is 9.58. The van der Waals surface area contributed by atoms with E-state index >= 15 is 0 Å². The molecule has 0 radical (unpaired) electrons. The number of hydrogen-bond acceptors (Lipinski definition) is 3. The molecular formula is C14H14N2O4. The molecule has 1 amide bonds. The first kappa shape index (κ1) is 12.7. The quantitative estimate of drug-likeness (QED) is 0.756. The summed E-state index contributed by atoms with van der Waals surface area (Å²) in [6, 6.07) is 6.16. The molecule has 1 aromatic carbocycles. The van der Waals surface area contributed by atoms with Crippen LogP contribution in [-0.2, 0) is 4.79 Å². The van der Waals surface area contributed by atoms with Gasteiger partial charge in [-0.15, -0.1) is 0 Å². The van der Waals surface area contributed by atoms with Crippen LogP contribution < -0.4 is 0 Å². The first-order valence-corrected chi connectivity index (χ1v) is 6.36. The number of β-amino-alcohol motifs (C(OH)–C–C–N with tert-alkyl or cyclic N) is 1. The number of aromatic nitrogens is 1. The second-order valence-corrected chi connectivity index (χ2v) is 4.95. The highest BCUT2D eigenvalue weighted by molar-refractivity contribution is 6.06. The molecule has 2 aromatic rings. The van der Waals surface area contributed by atoms with Gasteiger partial charge in [-0.1, -0.05) is 12.1 Å². The Morgan fingerprint density at radius 3 is 2.85 bits per heavy atom. The Labute approximate surface area is 114 Å². The molecule has 104 valence electrons. The van der Waals surface area contributed by atoms with Gasteiger partial charge < -0.3 is 20.1 Å². The highest BCUT2D eigenvalue weighted by Gasteiger charge is 2.39. The number of likely N-dealkylation sites (tertiary alicyclic amines) is 1. The van der Waals surface area contributed by atoms with E-state index in [1.54, 1.807) is 18.3 Å². The van der Waals surface area contributed by atoms with Crippen LogP contribution in [-0.4, -0.2) is 50.7 Å². The number of aliphatic hydroxyl groups is 1. The van der Waals surface area contributed by atoms with Gasteiger partial charge in [0.15, 0.2) is 0 Å². The number of aromatic amines is 1. The summed E-state index contributed by atoms with van der Waals surface area (Å²) in [5, 5.41) is 19.7. The zero-order chi connectivity index (χ0) is 14.3. The summed E-state index contributed by atoms with van der Waals surface area (Å²) < 4.78 is 0. The third-order valence-corrected chi connectivity index (χ3v) is 3.64. The number of nitrogens with zero attached hydrogens (tertiary/aromatic N) is 1. The average Bonchev–Trinajstić information content (AvgIpc) is 3.03. The van der Waals surface area contributed by atoms with Crippen LogP contribution in [0.1, 0.15) is 16.8 Å². The number of rotatable bonds is 2. The Hall–Kier alpha value is -2.34. The first-order valence-electron chi connectivity index (χ1n) is 6.36. The zero-order valence-corrected chi connectivity index (χ0v) is 10.6. The highest BCUT2D eigenvalue weighted by atomic mass is 16.4. The lowest BCUT2D eigenvalue weighted by molar-refractivity contribution is -0.141. The van der Waals surface area contributed by atoms with E-state index in [2.05, 4.69) is 4.98 Å². The highest BCUT2D eigenvalue weighted by Crippen LogP contribution is 2.24. The van der Waals surface area contributed by atoms with E-state index in [9.17, 15) is 14.7 Å². The molecule has 1 fully saturated rings. The third kappa shape index (κ3) is 1.94. The molecule has 0 unspecified atom stereocenters. The lowest BCUT2D eigenvalue weighted by Crippen LogP contribution is -2.40. The minimum atomic E-state index is -1.09. The SMILES string of the molecule is O=C(O)[C@@H]1C[C@H](O)CN1C(=O)c1cccc2cc[nH]c12. The van der Waals surface area contributed by atoms with Gasteiger partial charge in [0, 0.05) is 24.5 Å². The van der Waals surface area contributed by atoms with E-state index in [1.807, 2.05) is 12.1 Å². The van der Waals surface area contributed by atoms with Crippen molar-refractivity contribution in [3.8, 4) is 0 Å². The topological polar surface area (TPSA) is 93.6 Å². The number of benzene rings is 1. The molecule has 0 aliphatic carbocycles. The van der Waals surface area contributed by atoms with Crippen molar-refractivity contribution in [1.29, 1.82) is 0 Å². The summed E-state index contributed by atoms with van der Waals surface area (Å²) in [5.74, 6) is -1.46. The molecule has 2 atom stereocenters. The van der Waals surface area contributed by atoms with Crippen LogP contribution in [0, 0.1) is 0 Å². The molecule has 6 nitrogen and oxygen atoms in total. The van der Waals surface area contributed by atoms with Gasteiger partial charge in [-0.2, -0.15) is 0 Å². The number of hydrogen-bond donors (Lipinski definition) is 3. The summed E-state index contributed by atoms with van der Waals surface area (Å²) in [6.45, 7) is 0.0485. The number of carbonyl (C=O) groups excluding carboxylic acids is 1. The molecule has 1 saturated heterocycles. The standard InChI is InChI=1S/C14H14N2O4/c17-9-6-11(14(19)20)16(7-9)13(18)10-3-1-2-8-4-5-15-12(8)10/h1-5,9,11,15,17H,6-7H2,(H,19,20)/t9-,11-/m0/s1. The monoisotopic (exact) mass is 274 g/mol. The fourth-order valence-electron chi connectivity index (χ4n) is 2.69. The summed E-state index contributed by atoms with van der Waals surface area (Å²) >= 11 is 0. The Morgan fingerprint density at radius 1 is 1.30 bits per heavy atom. The molecule has 3 N–H and O–H groups in total. The zero-order valence-electron chi connectivity index (χ0n) is 10.6. The van der Waals surface area contributed by atoms with Crippen molar-refractivity contribution < 1.29 is 19.8 Å². The number of carboxylic acid groups (broad SMARTS) is 1. The van der Waals surface area contributed by atoms with E-state index in [1.165, 1.54) is 4.90 Å². The molecule has 20 heavy (non-hydrogen) atoms. The maximum Gasteiger partial charge on any atom is 0.326 e. The van der Waals surface area contributed by atoms with Gasteiger partial charge in [0.05, 0.1) is 17.2 Å². The van der Waals surface area contributed by atoms with Crippen LogP contribution in [0.3, 0.4) is 0 Å². The van der Waals surface area contributed by atoms with Gasteiger partial charge in [0.2, 0.25) is 0 Å². The summed E-state index contributed by atoms with van der Waals surface area (Å²) in [4.78, 5) is 28.0. The van der Waals surface area contributed by atoms with Crippen molar-refractivity contribution in [1.82, 2.24) is 9.88 Å². The van der Waals surface area contributed by atoms with E-state index < -0.39 is 18.1 Å². The number of amides is 1. The van der Waals surface area contributed by atoms with Gasteiger partial charge in [0.1, 0.15) is 6.04 Å². The maximum absolute atomic E-state index is 12.6. The van der Waals surface area contributed by atoms with Gasteiger partial charge in [-0.25, -0.2) is 4.79 Å². The predicted molar refractivity (Wildman–Crippen MR) is 71.4 cm³/mol. The second kappa shape index (κ2) is 4.64. The van der Waals surface area contributed by atoms with E-state index in [0.29, 0.717) is 11.1 Å². The van der Waals surface area contributed by atoms with Crippen molar-refractivity contribution in [2.45, 2.75) is 18.6 Å². The van der Waals surface area contributed by atoms with Crippen LogP contribution in [0.2, 0.25) is 0 Å². The molecule has 0 bridgehead atoms. The van der Waals surface area contributed by atoms with Crippen molar-refractivity contribution in [2.24, 2.45) is 0 Å². The van der Waals surface area contributed by atoms with Gasteiger partial charge in [-0.3, -0.25) is 4.79 Å². The number of fused-ring (bicyclic) bond motifs is 1. The van der Waals surface area contributed by atoms with Crippen LogP contribution in [0.5, 0.6) is 0 Å². The third-order valence-electron chi connectivity index (χ3n) is 3.64. The number of aliphatic hydroxyl groups excluding tert-OH is 1. The molecular weight excluding hydrogens is 260 g/mol. The number of carbonyl (C=O) groups is 2. The average molecular weight is 274 g/mol. The van der Waals surface area contributed by atoms with E-state index in [4.69, 9.17) is 5.11 Å². The van der Waals surface area contributed by atoms with Crippen molar-refractivity contribution in [3.63, 3.8) is 0 Å². The number of aliphatic carboxylic acids is 1. The minimum absolute atomic E-state index is 0.0485. The largest absolute Gasteiger partial charge is 0.480 e. The molecule has 2 heterocycles. The van der Waals surface area contributed by atoms with Gasteiger partial charge in [0.25, 0.3) is 5.91 Å². The molecule has 1 aromatic heterocycles. The van der Waals surface area contributed by atoms with Gasteiger partial charge >= 0.3 is 5.97 Å². The van der Waals surface area contributed by atoms with Gasteiger partial charge in [-0.05, 0) is 12.1 Å². The number of carboxylic acids is 1. The molecule has 3 rings (SSSR count). The molecule has 0 saturated carbocycles. The maximum atomic E-state index is 12.6. The number of nitrogens with one attached hydrogen (secondary N) is 1. The Balaban J connectivity index is 2.00. The Kier molecular flexibility index (Phi) is 2.94. The van der Waals surface area contributed by atoms with Crippen LogP contribution in [0.4, 0.5) is 0 Å². The number of para-hydroxylation sites is 1. The summed E-state index contributed by atoms with van der Waals surface area (Å²) in [5.41, 5.74) is 1.11. The predicted octanol–water partition coefficient (Wildman–Crippen LogP) is 0.828. The van der Waals surface area contributed by atoms with E-state index in [-0.39, 0.29) is 18.9 Å². The molecule has 1 aliphatic rings. The fraction of sp³-hybridized carbons (Fsp3) is 0.286. The van der Waals surface area contributed by atoms with Crippen molar-refractivity contribution in [2.75, 3.05) is 6.54 Å². The van der Waals surface area contributed by atoms with Crippen LogP contribution in [0.25, 0.3) is 10.9 Å². The lowest BCUT2D eigenvalue weighted by Gasteiger charge is -2.21. The second-order valence-electron chi connectivity index (χ2n) is 4.95. The molecule has 6 heteroatoms. The minimum Gasteiger partial charge on any atom is -0.480 e. The van der Waals surface area contributed by atoms with Crippen molar-refractivity contribution >= 4 is 22.8 Å².